The van der Waals surface area contributed by atoms with E-state index in [2.05, 4.69) is 14.9 Å². The Morgan fingerprint density at radius 3 is 2.33 bits per heavy atom. The van der Waals surface area contributed by atoms with Crippen molar-refractivity contribution in [2.24, 2.45) is 0 Å². The molecule has 12 heteroatoms. The maximum absolute atomic E-state index is 13.0. The Balaban J connectivity index is 1.70. The molecule has 0 atom stereocenters. The van der Waals surface area contributed by atoms with Crippen LogP contribution in [-0.2, 0) is 10.0 Å². The van der Waals surface area contributed by atoms with E-state index in [1.807, 2.05) is 0 Å². The number of hydrogen-bond donors (Lipinski definition) is 1. The molecule has 1 fully saturated rings. The van der Waals surface area contributed by atoms with Gasteiger partial charge in [0.15, 0.2) is 0 Å². The van der Waals surface area contributed by atoms with Crippen molar-refractivity contribution in [2.45, 2.75) is 31.5 Å². The number of alkyl halides is 3. The third-order valence-electron chi connectivity index (χ3n) is 4.74. The van der Waals surface area contributed by atoms with Crippen LogP contribution in [0.2, 0.25) is 0 Å². The van der Waals surface area contributed by atoms with Crippen molar-refractivity contribution in [3.05, 3.63) is 41.2 Å². The number of aromatic nitrogens is 2. The average Bonchev–Trinajstić information content (AvgIpc) is 2.86. The first-order valence-corrected chi connectivity index (χ1v) is 10.6. The predicted octanol–water partition coefficient (Wildman–Crippen LogP) is 2.46. The standard InChI is InChI=1S/C18H21F3N4O4S/c1-12-16(13(2)23-22-12)30(27,28)25-9-3-8-24(10-11-25)17(26)14-4-6-15(7-5-14)29-18(19,20)21/h4-7H,3,8-11H2,1-2H3,(H,22,23). The van der Waals surface area contributed by atoms with Crippen molar-refractivity contribution < 1.29 is 31.1 Å². The minimum absolute atomic E-state index is 0.105. The zero-order chi connectivity index (χ0) is 22.1. The molecule has 1 saturated heterocycles. The number of nitrogens with one attached hydrogen (secondary N) is 1. The first-order valence-electron chi connectivity index (χ1n) is 9.16. The van der Waals surface area contributed by atoms with Crippen LogP contribution in [0.3, 0.4) is 0 Å². The van der Waals surface area contributed by atoms with Crippen LogP contribution in [0, 0.1) is 13.8 Å². The Morgan fingerprint density at radius 2 is 1.77 bits per heavy atom. The molecule has 0 bridgehead atoms. The molecule has 0 spiro atoms. The number of nitrogens with zero attached hydrogens (tertiary/aromatic N) is 3. The Bertz CT molecular complexity index is 1000. The van der Waals surface area contributed by atoms with Gasteiger partial charge in [0.05, 0.1) is 11.4 Å². The molecule has 1 aromatic heterocycles. The third kappa shape index (κ3) is 4.75. The molecule has 164 valence electrons. The molecule has 1 amide bonds. The van der Waals surface area contributed by atoms with Gasteiger partial charge in [0.1, 0.15) is 10.6 Å². The molecule has 2 heterocycles. The summed E-state index contributed by atoms with van der Waals surface area (Å²) in [4.78, 5) is 14.4. The number of sulfonamides is 1. The summed E-state index contributed by atoms with van der Waals surface area (Å²) in [5.41, 5.74) is 1.03. The fourth-order valence-corrected chi connectivity index (χ4v) is 5.17. The van der Waals surface area contributed by atoms with Crippen LogP contribution in [0.1, 0.15) is 28.2 Å². The highest BCUT2D eigenvalue weighted by atomic mass is 32.2. The van der Waals surface area contributed by atoms with Gasteiger partial charge in [0.25, 0.3) is 5.91 Å². The van der Waals surface area contributed by atoms with Gasteiger partial charge in [-0.15, -0.1) is 13.2 Å². The first-order chi connectivity index (χ1) is 14.0. The minimum Gasteiger partial charge on any atom is -0.406 e. The second-order valence-corrected chi connectivity index (χ2v) is 8.76. The maximum atomic E-state index is 13.0. The highest BCUT2D eigenvalue weighted by Gasteiger charge is 2.33. The number of rotatable bonds is 4. The molecule has 1 aliphatic heterocycles. The first kappa shape index (κ1) is 22.1. The fraction of sp³-hybridized carbons (Fsp3) is 0.444. The number of aromatic amines is 1. The minimum atomic E-state index is -4.81. The van der Waals surface area contributed by atoms with Crippen molar-refractivity contribution in [1.29, 1.82) is 0 Å². The van der Waals surface area contributed by atoms with Crippen molar-refractivity contribution in [1.82, 2.24) is 19.4 Å². The zero-order valence-electron chi connectivity index (χ0n) is 16.4. The quantitative estimate of drug-likeness (QED) is 0.779. The summed E-state index contributed by atoms with van der Waals surface area (Å²) in [6.45, 7) is 4.08. The molecule has 1 aromatic carbocycles. The predicted molar refractivity (Wildman–Crippen MR) is 100 cm³/mol. The highest BCUT2D eigenvalue weighted by molar-refractivity contribution is 7.89. The third-order valence-corrected chi connectivity index (χ3v) is 6.90. The lowest BCUT2D eigenvalue weighted by Gasteiger charge is -2.22. The van der Waals surface area contributed by atoms with Gasteiger partial charge in [-0.25, -0.2) is 8.42 Å². The summed E-state index contributed by atoms with van der Waals surface area (Å²) >= 11 is 0. The van der Waals surface area contributed by atoms with Gasteiger partial charge in [-0.2, -0.15) is 9.40 Å². The summed E-state index contributed by atoms with van der Waals surface area (Å²) < 4.78 is 67.9. The topological polar surface area (TPSA) is 95.6 Å². The van der Waals surface area contributed by atoms with E-state index in [1.165, 1.54) is 21.3 Å². The van der Waals surface area contributed by atoms with E-state index in [1.54, 1.807) is 13.8 Å². The van der Waals surface area contributed by atoms with Crippen LogP contribution in [0.4, 0.5) is 13.2 Å². The highest BCUT2D eigenvalue weighted by Crippen LogP contribution is 2.25. The Labute approximate surface area is 171 Å². The molecule has 2 aromatic rings. The number of ether oxygens (including phenoxy) is 1. The summed E-state index contributed by atoms with van der Waals surface area (Å²) in [7, 11) is -3.76. The molecular weight excluding hydrogens is 425 g/mol. The maximum Gasteiger partial charge on any atom is 0.573 e. The Morgan fingerprint density at radius 1 is 1.10 bits per heavy atom. The van der Waals surface area contributed by atoms with Crippen LogP contribution >= 0.6 is 0 Å². The van der Waals surface area contributed by atoms with Gasteiger partial charge in [-0.1, -0.05) is 0 Å². The van der Waals surface area contributed by atoms with E-state index in [0.717, 1.165) is 12.1 Å². The fourth-order valence-electron chi connectivity index (χ4n) is 3.37. The number of aryl methyl sites for hydroxylation is 2. The van der Waals surface area contributed by atoms with E-state index in [4.69, 9.17) is 0 Å². The number of carbonyl (C=O) groups excluding carboxylic acids is 1. The largest absolute Gasteiger partial charge is 0.573 e. The van der Waals surface area contributed by atoms with Gasteiger partial charge in [0, 0.05) is 31.7 Å². The monoisotopic (exact) mass is 446 g/mol. The van der Waals surface area contributed by atoms with Crippen molar-refractivity contribution >= 4 is 15.9 Å². The number of halogens is 3. The van der Waals surface area contributed by atoms with E-state index < -0.39 is 22.1 Å². The molecule has 0 saturated carbocycles. The smallest absolute Gasteiger partial charge is 0.406 e. The normalized spacial score (nSPS) is 16.4. The molecule has 0 unspecified atom stereocenters. The van der Waals surface area contributed by atoms with Gasteiger partial charge in [-0.3, -0.25) is 9.89 Å². The second kappa shape index (κ2) is 8.26. The molecular formula is C18H21F3N4O4S. The van der Waals surface area contributed by atoms with Gasteiger partial charge >= 0.3 is 6.36 Å². The Kier molecular flexibility index (Phi) is 6.09. The summed E-state index contributed by atoms with van der Waals surface area (Å²) in [6.07, 6.45) is -4.38. The van der Waals surface area contributed by atoms with Crippen LogP contribution in [0.25, 0.3) is 0 Å². The number of carbonyl (C=O) groups is 1. The van der Waals surface area contributed by atoms with Crippen LogP contribution in [-0.4, -0.2) is 66.3 Å². The van der Waals surface area contributed by atoms with Gasteiger partial charge < -0.3 is 9.64 Å². The lowest BCUT2D eigenvalue weighted by atomic mass is 10.2. The van der Waals surface area contributed by atoms with Crippen LogP contribution in [0.15, 0.2) is 29.2 Å². The molecule has 1 N–H and O–H groups in total. The lowest BCUT2D eigenvalue weighted by Crippen LogP contribution is -2.37. The van der Waals surface area contributed by atoms with Crippen LogP contribution < -0.4 is 4.74 Å². The van der Waals surface area contributed by atoms with Gasteiger partial charge in [0.2, 0.25) is 10.0 Å². The van der Waals surface area contributed by atoms with Crippen molar-refractivity contribution in [2.75, 3.05) is 26.2 Å². The van der Waals surface area contributed by atoms with E-state index in [-0.39, 0.29) is 36.0 Å². The number of amides is 1. The van der Waals surface area contributed by atoms with Gasteiger partial charge in [-0.05, 0) is 44.5 Å². The Hall–Kier alpha value is -2.60. The molecule has 1 aliphatic rings. The molecule has 30 heavy (non-hydrogen) atoms. The van der Waals surface area contributed by atoms with Crippen molar-refractivity contribution in [3.8, 4) is 5.75 Å². The SMILES string of the molecule is Cc1n[nH]c(C)c1S(=O)(=O)N1CCCN(C(=O)c2ccc(OC(F)(F)F)cc2)CC1. The molecule has 0 radical (unpaired) electrons. The summed E-state index contributed by atoms with van der Waals surface area (Å²) in [5.74, 6) is -0.804. The molecule has 0 aliphatic carbocycles. The van der Waals surface area contributed by atoms with E-state index in [0.29, 0.717) is 24.4 Å². The number of H-pyrrole nitrogens is 1. The molecule has 3 rings (SSSR count). The average molecular weight is 446 g/mol. The van der Waals surface area contributed by atoms with Crippen molar-refractivity contribution in [3.63, 3.8) is 0 Å². The zero-order valence-corrected chi connectivity index (χ0v) is 17.2. The van der Waals surface area contributed by atoms with E-state index in [9.17, 15) is 26.4 Å². The molecule has 8 nitrogen and oxygen atoms in total. The lowest BCUT2D eigenvalue weighted by molar-refractivity contribution is -0.274. The second-order valence-electron chi connectivity index (χ2n) is 6.89. The number of benzene rings is 1. The summed E-state index contributed by atoms with van der Waals surface area (Å²) in [5, 5.41) is 6.60. The van der Waals surface area contributed by atoms with Crippen LogP contribution in [0.5, 0.6) is 5.75 Å². The van der Waals surface area contributed by atoms with E-state index >= 15 is 0 Å². The number of hydrogen-bond acceptors (Lipinski definition) is 5. The summed E-state index contributed by atoms with van der Waals surface area (Å²) in [6, 6.07) is 4.64.